The van der Waals surface area contributed by atoms with E-state index >= 15 is 0 Å². The molecule has 0 spiro atoms. The van der Waals surface area contributed by atoms with Gasteiger partial charge in [-0.15, -0.1) is 0 Å². The molecule has 0 N–H and O–H groups in total. The Morgan fingerprint density at radius 2 is 0.485 bits per heavy atom. The van der Waals surface area contributed by atoms with Gasteiger partial charge in [-0.1, -0.05) is 120 Å². The summed E-state index contributed by atoms with van der Waals surface area (Å²) in [6, 6.07) is 50.8. The summed E-state index contributed by atoms with van der Waals surface area (Å²) >= 11 is 0. The van der Waals surface area contributed by atoms with E-state index in [2.05, 4.69) is 19.1 Å². The van der Waals surface area contributed by atoms with Gasteiger partial charge in [-0.2, -0.15) is 0 Å². The van der Waals surface area contributed by atoms with Crippen LogP contribution in [0.1, 0.15) is 61.2 Å². The molecule has 97 heavy (non-hydrogen) atoms. The topological polar surface area (TPSA) is 0 Å². The fourth-order valence-corrected chi connectivity index (χ4v) is 6.62. The highest BCUT2D eigenvalue weighted by Gasteiger charge is 2.11. The van der Waals surface area contributed by atoms with Gasteiger partial charge in [0, 0.05) is 12.1 Å². The smallest absolute Gasteiger partial charge is 0.194 e. The molecule has 516 valence electrons. The summed E-state index contributed by atoms with van der Waals surface area (Å²) in [4.78, 5) is 0. The van der Waals surface area contributed by atoms with Gasteiger partial charge >= 0.3 is 0 Å². The van der Waals surface area contributed by atoms with E-state index in [1.165, 1.54) is 118 Å². The van der Waals surface area contributed by atoms with Crippen LogP contribution >= 0.6 is 0 Å². The second-order valence-corrected chi connectivity index (χ2v) is 20.7. The molecular formula is C77H68F20. The van der Waals surface area contributed by atoms with Crippen molar-refractivity contribution in [2.75, 3.05) is 0 Å². The van der Waals surface area contributed by atoms with Crippen LogP contribution in [0.4, 0.5) is 87.8 Å². The molecule has 0 radical (unpaired) electrons. The van der Waals surface area contributed by atoms with Gasteiger partial charge in [0.2, 0.25) is 0 Å². The Morgan fingerprint density at radius 1 is 0.144 bits per heavy atom. The third-order valence-corrected chi connectivity index (χ3v) is 12.0. The van der Waals surface area contributed by atoms with Gasteiger partial charge < -0.3 is 0 Å². The Kier molecular flexibility index (Phi) is 39.1. The summed E-state index contributed by atoms with van der Waals surface area (Å²) in [7, 11) is 0. The van der Waals surface area contributed by atoms with Gasteiger partial charge in [-0.3, -0.25) is 0 Å². The third-order valence-electron chi connectivity index (χ3n) is 12.0. The first-order chi connectivity index (χ1) is 45.4. The van der Waals surface area contributed by atoms with Crippen LogP contribution in [-0.2, 0) is 0 Å². The van der Waals surface area contributed by atoms with Gasteiger partial charge in [-0.05, 0) is 217 Å². The molecule has 0 amide bonds. The quantitative estimate of drug-likeness (QED) is 0.105. The average molecular weight is 1370 g/mol. The Balaban J connectivity index is 0.000000534. The Bertz CT molecular complexity index is 3820. The van der Waals surface area contributed by atoms with Crippen LogP contribution in [0.15, 0.2) is 212 Å². The number of hydrogen-bond donors (Lipinski definition) is 0. The predicted octanol–water partition coefficient (Wildman–Crippen LogP) is 24.7. The van der Waals surface area contributed by atoms with Crippen LogP contribution < -0.4 is 0 Å². The molecule has 0 saturated heterocycles. The summed E-state index contributed by atoms with van der Waals surface area (Å²) in [5.41, 5.74) is 6.81. The maximum atomic E-state index is 12.4. The minimum atomic E-state index is -1.41. The molecule has 0 aromatic heterocycles. The van der Waals surface area contributed by atoms with Crippen LogP contribution in [0.5, 0.6) is 0 Å². The van der Waals surface area contributed by atoms with E-state index in [1.807, 2.05) is 44.2 Å². The molecule has 11 aromatic rings. The first-order valence-electron chi connectivity index (χ1n) is 28.6. The Morgan fingerprint density at radius 3 is 0.845 bits per heavy atom. The lowest BCUT2D eigenvalue weighted by Gasteiger charge is -1.96. The minimum Gasteiger partial charge on any atom is -0.207 e. The average Bonchev–Trinajstić information content (AvgIpc) is 0.942. The van der Waals surface area contributed by atoms with Gasteiger partial charge in [0.05, 0.1) is 0 Å². The molecule has 11 rings (SSSR count). The maximum Gasteiger partial charge on any atom is 0.194 e. The van der Waals surface area contributed by atoms with E-state index < -0.39 is 98.9 Å². The van der Waals surface area contributed by atoms with Gasteiger partial charge in [0.1, 0.15) is 40.7 Å². The number of aryl methyl sites for hydroxylation is 11. The molecule has 11 aromatic carbocycles. The molecular weight excluding hydrogens is 1300 g/mol. The fraction of sp³-hybridized carbons (Fsp3) is 0.143. The van der Waals surface area contributed by atoms with E-state index in [1.54, 1.807) is 58.0 Å². The maximum absolute atomic E-state index is 12.4. The third kappa shape index (κ3) is 35.4. The van der Waals surface area contributed by atoms with Crippen LogP contribution in [0, 0.1) is 193 Å². The van der Waals surface area contributed by atoms with Crippen molar-refractivity contribution >= 4 is 0 Å². The summed E-state index contributed by atoms with van der Waals surface area (Å²) in [5, 5.41) is 0. The van der Waals surface area contributed by atoms with Gasteiger partial charge in [0.15, 0.2) is 75.6 Å². The van der Waals surface area contributed by atoms with Crippen molar-refractivity contribution in [1.29, 1.82) is 0 Å². The molecule has 0 heterocycles. The fourth-order valence-electron chi connectivity index (χ4n) is 6.62. The van der Waals surface area contributed by atoms with Crippen molar-refractivity contribution in [1.82, 2.24) is 0 Å². The lowest BCUT2D eigenvalue weighted by Crippen LogP contribution is -1.92. The van der Waals surface area contributed by atoms with E-state index in [0.29, 0.717) is 27.8 Å². The zero-order valence-electron chi connectivity index (χ0n) is 54.3. The minimum absolute atomic E-state index is 0.110. The lowest BCUT2D eigenvalue weighted by atomic mass is 10.2. The second kappa shape index (κ2) is 44.6. The number of rotatable bonds is 0. The number of benzene rings is 11. The summed E-state index contributed by atoms with van der Waals surface area (Å²) in [5.74, 6) is -16.7. The standard InChI is InChI=1S/3C7H5F3.4C7H6F2.3C7H7F.C7H8/c1-4-2-5(8)7(10)6(9)3-4;2*1-4-2-3-5(8)7(10)6(4)9;1-5-2-6(8)4-7(9)3-5;1-5-2-3-6(8)4-7(5)9;1-5-2-3-6(8)7(9)4-5;1-5-3-2-4-6(8)7(5)9;1-6-2-4-7(8)5-3-6;1-6-3-2-4-7(8)5-6;1-6-4-2-3-5-7(6)8;1-7-5-3-2-4-6-7/h3*2-3H,1H3;4*2-4H,1H3;3*2-5H,1H3;2-6H,1H3. The van der Waals surface area contributed by atoms with Crippen molar-refractivity contribution in [3.8, 4) is 0 Å². The van der Waals surface area contributed by atoms with Crippen molar-refractivity contribution in [3.63, 3.8) is 0 Å². The van der Waals surface area contributed by atoms with Gasteiger partial charge in [0.25, 0.3) is 0 Å². The predicted molar refractivity (Wildman–Crippen MR) is 342 cm³/mol. The Hall–Kier alpha value is -9.98. The molecule has 0 atom stereocenters. The molecule has 0 bridgehead atoms. The van der Waals surface area contributed by atoms with Crippen LogP contribution in [0.3, 0.4) is 0 Å². The number of hydrogen-bond acceptors (Lipinski definition) is 0. The molecule has 0 aliphatic carbocycles. The van der Waals surface area contributed by atoms with E-state index in [-0.39, 0.29) is 28.6 Å². The first kappa shape index (κ1) is 85.0. The van der Waals surface area contributed by atoms with Crippen LogP contribution in [0.25, 0.3) is 0 Å². The normalized spacial score (nSPS) is 9.60. The van der Waals surface area contributed by atoms with E-state index in [0.717, 1.165) is 71.3 Å². The van der Waals surface area contributed by atoms with Crippen molar-refractivity contribution in [2.45, 2.75) is 76.2 Å². The van der Waals surface area contributed by atoms with E-state index in [4.69, 9.17) is 0 Å². The molecule has 20 heteroatoms. The number of halogens is 20. The Labute approximate surface area is 551 Å². The highest BCUT2D eigenvalue weighted by atomic mass is 19.2. The second-order valence-electron chi connectivity index (χ2n) is 20.7. The summed E-state index contributed by atoms with van der Waals surface area (Å²) < 4.78 is 244. The van der Waals surface area contributed by atoms with Crippen molar-refractivity contribution in [3.05, 3.63) is 390 Å². The largest absolute Gasteiger partial charge is 0.207 e. The highest BCUT2D eigenvalue weighted by molar-refractivity contribution is 5.23. The zero-order valence-corrected chi connectivity index (χ0v) is 54.3. The molecule has 0 unspecified atom stereocenters. The summed E-state index contributed by atoms with van der Waals surface area (Å²) in [6.07, 6.45) is 0. The van der Waals surface area contributed by atoms with Crippen molar-refractivity contribution in [2.24, 2.45) is 0 Å². The molecule has 0 aliphatic rings. The molecule has 0 aliphatic heterocycles. The monoisotopic (exact) mass is 1370 g/mol. The summed E-state index contributed by atoms with van der Waals surface area (Å²) in [6.45, 7) is 18.3. The molecule has 0 saturated carbocycles. The SMILES string of the molecule is Cc1cc(F)c(F)c(F)c1.Cc1cc(F)cc(F)c1.Cc1ccc(F)c(F)c1.Cc1ccc(F)c(F)c1F.Cc1ccc(F)c(F)c1F.Cc1ccc(F)cc1.Cc1ccc(F)cc1F.Cc1cccc(F)c1.Cc1cccc(F)c1F.Cc1ccccc1.Cc1ccccc1F. The van der Waals surface area contributed by atoms with Crippen LogP contribution in [-0.4, -0.2) is 0 Å². The lowest BCUT2D eigenvalue weighted by molar-refractivity contribution is 0.443. The van der Waals surface area contributed by atoms with Gasteiger partial charge in [-0.25, -0.2) is 87.8 Å². The molecule has 0 fully saturated rings. The molecule has 0 nitrogen and oxygen atoms in total. The first-order valence-corrected chi connectivity index (χ1v) is 28.6. The van der Waals surface area contributed by atoms with E-state index in [9.17, 15) is 87.8 Å². The van der Waals surface area contributed by atoms with Crippen LogP contribution in [0.2, 0.25) is 0 Å². The zero-order chi connectivity index (χ0) is 73.6. The van der Waals surface area contributed by atoms with Crippen molar-refractivity contribution < 1.29 is 87.8 Å². The highest BCUT2D eigenvalue weighted by Crippen LogP contribution is 2.17.